The third-order valence-electron chi connectivity index (χ3n) is 1.78. The normalized spacial score (nSPS) is 8.59. The second-order valence-electron chi connectivity index (χ2n) is 3.26. The van der Waals surface area contributed by atoms with Gasteiger partial charge in [0.2, 0.25) is 0 Å². The molecule has 0 amide bonds. The van der Waals surface area contributed by atoms with Gasteiger partial charge in [0, 0.05) is 0 Å². The van der Waals surface area contributed by atoms with Crippen LogP contribution >= 0.6 is 23.2 Å². The predicted octanol–water partition coefficient (Wildman–Crippen LogP) is 5.04. The second-order valence-corrected chi connectivity index (χ2v) is 4.13. The molecule has 0 bridgehead atoms. The van der Waals surface area contributed by atoms with Crippen molar-refractivity contribution in [2.45, 2.75) is 0 Å². The van der Waals surface area contributed by atoms with E-state index in [2.05, 4.69) is 13.8 Å². The number of hydrogen-bond acceptors (Lipinski definition) is 0. The van der Waals surface area contributed by atoms with Gasteiger partial charge in [-0.2, -0.15) is 37.1 Å². The molecule has 0 aliphatic rings. The largest absolute Gasteiger partial charge is 2.00 e. The van der Waals surface area contributed by atoms with Crippen molar-refractivity contribution < 1.29 is 19.5 Å². The Morgan fingerprint density at radius 3 is 1.24 bits per heavy atom. The molecule has 0 radical (unpaired) electrons. The zero-order chi connectivity index (χ0) is 12.0. The topological polar surface area (TPSA) is 0 Å². The van der Waals surface area contributed by atoms with E-state index < -0.39 is 0 Å². The molecule has 0 spiro atoms. The number of rotatable bonds is 0. The van der Waals surface area contributed by atoms with E-state index in [1.54, 1.807) is 0 Å². The first-order chi connectivity index (χ1) is 7.58. The van der Waals surface area contributed by atoms with Gasteiger partial charge in [-0.1, -0.05) is 35.3 Å². The third-order valence-corrected chi connectivity index (χ3v) is 2.25. The van der Waals surface area contributed by atoms with Crippen molar-refractivity contribution in [1.82, 2.24) is 0 Å². The summed E-state index contributed by atoms with van der Waals surface area (Å²) in [6, 6.07) is 14.9. The van der Waals surface area contributed by atoms with Crippen LogP contribution in [-0.4, -0.2) is 0 Å². The van der Waals surface area contributed by atoms with E-state index in [0.29, 0.717) is 0 Å². The minimum atomic E-state index is 0. The van der Waals surface area contributed by atoms with E-state index in [4.69, 9.17) is 23.2 Å². The van der Waals surface area contributed by atoms with Crippen molar-refractivity contribution in [1.29, 1.82) is 0 Å². The number of benzene rings is 2. The molecule has 0 saturated carbocycles. The maximum atomic E-state index is 5.60. The summed E-state index contributed by atoms with van der Waals surface area (Å²) >= 11 is 11.2. The van der Waals surface area contributed by atoms with Crippen LogP contribution in [0.15, 0.2) is 48.5 Å². The Bertz CT molecular complexity index is 377. The summed E-state index contributed by atoms with van der Waals surface area (Å²) in [5.41, 5.74) is 1.91. The Kier molecular flexibility index (Phi) is 8.16. The number of halogens is 2. The fraction of sp³-hybridized carbons (Fsp3) is 0. The first-order valence-electron chi connectivity index (χ1n) is 4.73. The standard InChI is InChI=1S/2C7H6Cl.Zn/c2*1-6-3-2-4-7(8)5-6;/h2*2-5H,1H2;/q2*-1;+2. The molecule has 2 rings (SSSR count). The molecular weight excluding hydrogens is 304 g/mol. The monoisotopic (exact) mass is 314 g/mol. The summed E-state index contributed by atoms with van der Waals surface area (Å²) in [6.45, 7) is 7.39. The van der Waals surface area contributed by atoms with Gasteiger partial charge in [-0.25, -0.2) is 0 Å². The molecule has 2 aromatic rings. The first-order valence-corrected chi connectivity index (χ1v) is 5.48. The van der Waals surface area contributed by atoms with Crippen LogP contribution in [0.2, 0.25) is 10.0 Å². The van der Waals surface area contributed by atoms with Gasteiger partial charge >= 0.3 is 19.5 Å². The molecule has 84 valence electrons. The van der Waals surface area contributed by atoms with Crippen LogP contribution in [0, 0.1) is 13.8 Å². The SMILES string of the molecule is [CH2-]c1cccc(Cl)c1.[CH2-]c1cccc(Cl)c1.[Zn+2]. The third kappa shape index (κ3) is 7.33. The van der Waals surface area contributed by atoms with Crippen molar-refractivity contribution >= 4 is 23.2 Å². The van der Waals surface area contributed by atoms with Crippen LogP contribution in [0.3, 0.4) is 0 Å². The molecule has 0 unspecified atom stereocenters. The van der Waals surface area contributed by atoms with Gasteiger partial charge in [-0.15, -0.1) is 24.3 Å². The molecule has 0 aliphatic heterocycles. The Morgan fingerprint density at radius 1 is 0.706 bits per heavy atom. The maximum Gasteiger partial charge on any atom is 2.00 e. The quantitative estimate of drug-likeness (QED) is 0.472. The zero-order valence-electron chi connectivity index (χ0n) is 9.50. The van der Waals surface area contributed by atoms with E-state index in [-0.39, 0.29) is 19.5 Å². The maximum absolute atomic E-state index is 5.60. The van der Waals surface area contributed by atoms with Crippen LogP contribution in [-0.2, 0) is 19.5 Å². The summed E-state index contributed by atoms with van der Waals surface area (Å²) in [6.07, 6.45) is 0. The average molecular weight is 317 g/mol. The summed E-state index contributed by atoms with van der Waals surface area (Å²) in [4.78, 5) is 0. The van der Waals surface area contributed by atoms with Crippen molar-refractivity contribution in [3.63, 3.8) is 0 Å². The second kappa shape index (κ2) is 8.47. The van der Waals surface area contributed by atoms with Gasteiger partial charge < -0.3 is 0 Å². The van der Waals surface area contributed by atoms with E-state index in [1.165, 1.54) is 0 Å². The molecule has 17 heavy (non-hydrogen) atoms. The Hall–Kier alpha value is -0.617. The van der Waals surface area contributed by atoms with Crippen LogP contribution in [0.4, 0.5) is 0 Å². The summed E-state index contributed by atoms with van der Waals surface area (Å²) < 4.78 is 0. The Balaban J connectivity index is 0.000000284. The van der Waals surface area contributed by atoms with Crippen LogP contribution < -0.4 is 0 Å². The Morgan fingerprint density at radius 2 is 1.06 bits per heavy atom. The van der Waals surface area contributed by atoms with Gasteiger partial charge in [0.1, 0.15) is 0 Å². The van der Waals surface area contributed by atoms with Crippen LogP contribution in [0.1, 0.15) is 11.1 Å². The summed E-state index contributed by atoms with van der Waals surface area (Å²) in [5.74, 6) is 0. The smallest absolute Gasteiger partial charge is 0.199 e. The molecule has 0 aliphatic carbocycles. The van der Waals surface area contributed by atoms with Crippen molar-refractivity contribution in [2.24, 2.45) is 0 Å². The summed E-state index contributed by atoms with van der Waals surface area (Å²) in [5, 5.41) is 1.50. The molecule has 0 atom stereocenters. The van der Waals surface area contributed by atoms with Gasteiger partial charge in [-0.05, 0) is 10.0 Å². The fourth-order valence-electron chi connectivity index (χ4n) is 1.07. The van der Waals surface area contributed by atoms with Crippen LogP contribution in [0.5, 0.6) is 0 Å². The fourth-order valence-corrected chi connectivity index (χ4v) is 1.50. The van der Waals surface area contributed by atoms with E-state index in [0.717, 1.165) is 21.2 Å². The molecular formula is C14H12Cl2Zn. The molecule has 2 aromatic carbocycles. The molecule has 0 fully saturated rings. The van der Waals surface area contributed by atoms with E-state index in [1.807, 2.05) is 48.5 Å². The van der Waals surface area contributed by atoms with Gasteiger partial charge in [0.15, 0.2) is 0 Å². The van der Waals surface area contributed by atoms with Crippen molar-refractivity contribution in [3.05, 3.63) is 83.6 Å². The molecule has 0 nitrogen and oxygen atoms in total. The molecule has 3 heteroatoms. The molecule has 0 saturated heterocycles. The molecule has 0 heterocycles. The molecule has 0 N–H and O–H groups in total. The minimum absolute atomic E-state index is 0. The van der Waals surface area contributed by atoms with Crippen molar-refractivity contribution in [3.8, 4) is 0 Å². The van der Waals surface area contributed by atoms with Gasteiger partial charge in [0.05, 0.1) is 0 Å². The molecule has 0 aromatic heterocycles. The predicted molar refractivity (Wildman–Crippen MR) is 71.8 cm³/mol. The zero-order valence-corrected chi connectivity index (χ0v) is 14.0. The van der Waals surface area contributed by atoms with Gasteiger partial charge in [0.25, 0.3) is 0 Å². The van der Waals surface area contributed by atoms with E-state index >= 15 is 0 Å². The van der Waals surface area contributed by atoms with Crippen LogP contribution in [0.25, 0.3) is 0 Å². The average Bonchev–Trinajstić information content (AvgIpc) is 2.17. The number of hydrogen-bond donors (Lipinski definition) is 0. The first kappa shape index (κ1) is 16.4. The van der Waals surface area contributed by atoms with Crippen molar-refractivity contribution in [2.75, 3.05) is 0 Å². The minimum Gasteiger partial charge on any atom is -0.199 e. The Labute approximate surface area is 126 Å². The summed E-state index contributed by atoms with van der Waals surface area (Å²) in [7, 11) is 0. The van der Waals surface area contributed by atoms with Gasteiger partial charge in [-0.3, -0.25) is 0 Å². The van der Waals surface area contributed by atoms with E-state index in [9.17, 15) is 0 Å².